The van der Waals surface area contributed by atoms with Crippen molar-refractivity contribution in [1.29, 1.82) is 0 Å². The van der Waals surface area contributed by atoms with Crippen LogP contribution in [0.5, 0.6) is 11.6 Å². The SMILES string of the molecule is Cc1nn(C)c2c1N(S(=O)(=O)c1cccc(OC(F)(F)F)c1)CCO2. The summed E-state index contributed by atoms with van der Waals surface area (Å²) in [5.41, 5.74) is 0.708. The Kier molecular flexibility index (Phi) is 4.06. The Bertz CT molecular complexity index is 909. The Morgan fingerprint density at radius 1 is 1.32 bits per heavy atom. The molecule has 0 spiro atoms. The van der Waals surface area contributed by atoms with Crippen LogP contribution in [0, 0.1) is 6.92 Å². The Morgan fingerprint density at radius 3 is 2.72 bits per heavy atom. The van der Waals surface area contributed by atoms with Gasteiger partial charge in [0.05, 0.1) is 17.1 Å². The molecule has 2 aromatic rings. The molecule has 0 radical (unpaired) electrons. The van der Waals surface area contributed by atoms with Crippen molar-refractivity contribution in [2.24, 2.45) is 7.05 Å². The molecule has 11 heteroatoms. The highest BCUT2D eigenvalue weighted by Gasteiger charge is 2.35. The zero-order valence-corrected chi connectivity index (χ0v) is 14.1. The molecule has 136 valence electrons. The number of rotatable bonds is 3. The highest BCUT2D eigenvalue weighted by Crippen LogP contribution is 2.38. The Hall–Kier alpha value is -2.43. The van der Waals surface area contributed by atoms with Crippen LogP contribution in [0.2, 0.25) is 0 Å². The van der Waals surface area contributed by atoms with Crippen molar-refractivity contribution in [1.82, 2.24) is 9.78 Å². The fraction of sp³-hybridized carbons (Fsp3) is 0.357. The molecule has 0 fully saturated rings. The van der Waals surface area contributed by atoms with Crippen LogP contribution in [-0.4, -0.2) is 37.7 Å². The van der Waals surface area contributed by atoms with Gasteiger partial charge in [0.2, 0.25) is 5.88 Å². The lowest BCUT2D eigenvalue weighted by atomic mass is 10.3. The standard InChI is InChI=1S/C14H14F3N3O4S/c1-9-12-13(19(2)18-9)23-7-6-20(12)25(21,22)11-5-3-4-10(8-11)24-14(15,16)17/h3-5,8H,6-7H2,1-2H3. The van der Waals surface area contributed by atoms with Crippen molar-refractivity contribution >= 4 is 15.7 Å². The van der Waals surface area contributed by atoms with E-state index in [1.165, 1.54) is 16.8 Å². The Balaban J connectivity index is 2.03. The summed E-state index contributed by atoms with van der Waals surface area (Å²) < 4.78 is 74.7. The monoisotopic (exact) mass is 377 g/mol. The molecule has 0 saturated carbocycles. The summed E-state index contributed by atoms with van der Waals surface area (Å²) in [6, 6.07) is 4.26. The number of alkyl halides is 3. The number of aromatic nitrogens is 2. The second-order valence-electron chi connectivity index (χ2n) is 5.31. The summed E-state index contributed by atoms with van der Waals surface area (Å²) in [6.07, 6.45) is -4.91. The first kappa shape index (κ1) is 17.4. The molecule has 7 nitrogen and oxygen atoms in total. The minimum absolute atomic E-state index is 0.0201. The van der Waals surface area contributed by atoms with E-state index in [1.54, 1.807) is 14.0 Å². The van der Waals surface area contributed by atoms with Crippen LogP contribution in [0.15, 0.2) is 29.2 Å². The molecule has 0 bridgehead atoms. The van der Waals surface area contributed by atoms with Gasteiger partial charge in [0.15, 0.2) is 0 Å². The Morgan fingerprint density at radius 2 is 2.04 bits per heavy atom. The second-order valence-corrected chi connectivity index (χ2v) is 7.17. The van der Waals surface area contributed by atoms with E-state index in [1.807, 2.05) is 0 Å². The van der Waals surface area contributed by atoms with Crippen molar-refractivity contribution in [3.63, 3.8) is 0 Å². The third-order valence-corrected chi connectivity index (χ3v) is 5.34. The maximum absolute atomic E-state index is 12.9. The average Bonchev–Trinajstić information content (AvgIpc) is 2.81. The molecule has 0 N–H and O–H groups in total. The lowest BCUT2D eigenvalue weighted by Gasteiger charge is -2.28. The van der Waals surface area contributed by atoms with E-state index < -0.39 is 22.1 Å². The highest BCUT2D eigenvalue weighted by molar-refractivity contribution is 7.92. The fourth-order valence-corrected chi connectivity index (χ4v) is 4.15. The quantitative estimate of drug-likeness (QED) is 0.820. The summed E-state index contributed by atoms with van der Waals surface area (Å²) in [5.74, 6) is -0.319. The molecule has 0 amide bonds. The van der Waals surface area contributed by atoms with E-state index in [0.29, 0.717) is 5.69 Å². The highest BCUT2D eigenvalue weighted by atomic mass is 32.2. The van der Waals surface area contributed by atoms with Gasteiger partial charge in [0.1, 0.15) is 18.0 Å². The maximum atomic E-state index is 12.9. The molecule has 1 aliphatic heterocycles. The van der Waals surface area contributed by atoms with Crippen molar-refractivity contribution in [3.05, 3.63) is 30.0 Å². The number of nitrogens with zero attached hydrogens (tertiary/aromatic N) is 3. The molecule has 0 saturated heterocycles. The zero-order valence-electron chi connectivity index (χ0n) is 13.2. The molecule has 0 atom stereocenters. The third-order valence-electron chi connectivity index (χ3n) is 3.55. The number of benzene rings is 1. The van der Waals surface area contributed by atoms with E-state index in [-0.39, 0.29) is 29.6 Å². The molecular formula is C14H14F3N3O4S. The van der Waals surface area contributed by atoms with Crippen LogP contribution in [0.25, 0.3) is 0 Å². The van der Waals surface area contributed by atoms with Gasteiger partial charge in [-0.3, -0.25) is 4.31 Å². The topological polar surface area (TPSA) is 73.7 Å². The van der Waals surface area contributed by atoms with Gasteiger partial charge in [-0.25, -0.2) is 13.1 Å². The van der Waals surface area contributed by atoms with Crippen LogP contribution >= 0.6 is 0 Å². The minimum Gasteiger partial charge on any atom is -0.474 e. The molecular weight excluding hydrogens is 363 g/mol. The number of hydrogen-bond donors (Lipinski definition) is 0. The van der Waals surface area contributed by atoms with Crippen LogP contribution in [0.1, 0.15) is 5.69 Å². The molecule has 3 rings (SSSR count). The van der Waals surface area contributed by atoms with E-state index in [9.17, 15) is 21.6 Å². The predicted octanol–water partition coefficient (Wildman–Crippen LogP) is 2.21. The number of anilines is 1. The smallest absolute Gasteiger partial charge is 0.474 e. The first-order chi connectivity index (χ1) is 11.6. The summed E-state index contributed by atoms with van der Waals surface area (Å²) in [6.45, 7) is 1.75. The fourth-order valence-electron chi connectivity index (χ4n) is 2.61. The first-order valence-corrected chi connectivity index (χ1v) is 8.58. The zero-order chi connectivity index (χ0) is 18.4. The maximum Gasteiger partial charge on any atom is 0.573 e. The summed E-state index contributed by atoms with van der Waals surface area (Å²) in [5, 5.41) is 4.13. The first-order valence-electron chi connectivity index (χ1n) is 7.14. The third kappa shape index (κ3) is 3.23. The van der Waals surface area contributed by atoms with Crippen molar-refractivity contribution in [3.8, 4) is 11.6 Å². The largest absolute Gasteiger partial charge is 0.573 e. The van der Waals surface area contributed by atoms with Gasteiger partial charge in [-0.1, -0.05) is 6.07 Å². The van der Waals surface area contributed by atoms with Crippen molar-refractivity contribution < 1.29 is 31.1 Å². The molecule has 1 aromatic carbocycles. The number of halogens is 3. The number of aryl methyl sites for hydroxylation is 2. The van der Waals surface area contributed by atoms with Gasteiger partial charge in [0, 0.05) is 13.1 Å². The normalized spacial score (nSPS) is 14.8. The molecule has 1 aromatic heterocycles. The van der Waals surface area contributed by atoms with Crippen LogP contribution in [0.4, 0.5) is 18.9 Å². The van der Waals surface area contributed by atoms with Crippen LogP contribution < -0.4 is 13.8 Å². The van der Waals surface area contributed by atoms with Crippen LogP contribution in [-0.2, 0) is 17.1 Å². The van der Waals surface area contributed by atoms with E-state index in [0.717, 1.165) is 16.4 Å². The van der Waals surface area contributed by atoms with Gasteiger partial charge in [0.25, 0.3) is 10.0 Å². The summed E-state index contributed by atoms with van der Waals surface area (Å²) in [7, 11) is -2.50. The number of hydrogen-bond acceptors (Lipinski definition) is 5. The van der Waals surface area contributed by atoms with Crippen molar-refractivity contribution in [2.45, 2.75) is 18.2 Å². The molecule has 1 aliphatic rings. The van der Waals surface area contributed by atoms with Gasteiger partial charge in [-0.2, -0.15) is 5.10 Å². The summed E-state index contributed by atoms with van der Waals surface area (Å²) in [4.78, 5) is -0.314. The van der Waals surface area contributed by atoms with E-state index >= 15 is 0 Å². The second kappa shape index (κ2) is 5.83. The molecule has 25 heavy (non-hydrogen) atoms. The predicted molar refractivity (Wildman–Crippen MR) is 81.1 cm³/mol. The van der Waals surface area contributed by atoms with Gasteiger partial charge >= 0.3 is 6.36 Å². The minimum atomic E-state index is -4.91. The van der Waals surface area contributed by atoms with Crippen LogP contribution in [0.3, 0.4) is 0 Å². The van der Waals surface area contributed by atoms with Gasteiger partial charge in [-0.15, -0.1) is 13.2 Å². The molecule has 0 unspecified atom stereocenters. The van der Waals surface area contributed by atoms with Gasteiger partial charge < -0.3 is 9.47 Å². The molecule has 2 heterocycles. The average molecular weight is 377 g/mol. The lowest BCUT2D eigenvalue weighted by Crippen LogP contribution is -2.38. The van der Waals surface area contributed by atoms with Crippen molar-refractivity contribution in [2.75, 3.05) is 17.5 Å². The number of sulfonamides is 1. The number of ether oxygens (including phenoxy) is 2. The van der Waals surface area contributed by atoms with E-state index in [4.69, 9.17) is 4.74 Å². The summed E-state index contributed by atoms with van der Waals surface area (Å²) >= 11 is 0. The Labute approximate surface area is 141 Å². The van der Waals surface area contributed by atoms with E-state index in [2.05, 4.69) is 9.84 Å². The molecule has 0 aliphatic carbocycles. The lowest BCUT2D eigenvalue weighted by molar-refractivity contribution is -0.274. The number of fused-ring (bicyclic) bond motifs is 1. The van der Waals surface area contributed by atoms with Gasteiger partial charge in [-0.05, 0) is 19.1 Å².